The number of rotatable bonds is 16. The molecule has 0 aliphatic heterocycles. The van der Waals surface area contributed by atoms with Crippen LogP contribution in [0.25, 0.3) is 22.3 Å². The minimum Gasteiger partial charge on any atom is -0.508 e. The molecule has 0 atom stereocenters. The van der Waals surface area contributed by atoms with Crippen LogP contribution in [-0.2, 0) is 35.7 Å². The third-order valence-electron chi connectivity index (χ3n) is 9.07. The van der Waals surface area contributed by atoms with Crippen LogP contribution in [0.2, 0.25) is 0 Å². The summed E-state index contributed by atoms with van der Waals surface area (Å²) in [6, 6.07) is 36.1. The van der Waals surface area contributed by atoms with Crippen molar-refractivity contribution in [3.8, 4) is 33.8 Å². The van der Waals surface area contributed by atoms with Crippen molar-refractivity contribution in [3.05, 3.63) is 183 Å². The fraction of sp³-hybridized carbons (Fsp3) is 0.136. The molecule has 8 nitrogen and oxygen atoms in total. The second kappa shape index (κ2) is 17.2. The summed E-state index contributed by atoms with van der Waals surface area (Å²) in [5.41, 5.74) is 4.93. The van der Waals surface area contributed by atoms with E-state index in [1.165, 1.54) is 48.5 Å². The topological polar surface area (TPSA) is 113 Å². The highest BCUT2D eigenvalue weighted by Crippen LogP contribution is 2.30. The number of phenolic OH excluding ortho intramolecular Hbond substituents is 2. The Hall–Kier alpha value is -6.68. The van der Waals surface area contributed by atoms with Crippen molar-refractivity contribution in [2.24, 2.45) is 0 Å². The second-order valence-corrected chi connectivity index (χ2v) is 12.6. The number of aryl methyl sites for hydroxylation is 2. The van der Waals surface area contributed by atoms with Gasteiger partial charge in [0, 0.05) is 46.2 Å². The summed E-state index contributed by atoms with van der Waals surface area (Å²) in [5.74, 6) is -1.67. The Morgan fingerprint density at radius 2 is 0.870 bits per heavy atom. The average molecular weight is 729 g/mol. The number of ketones is 2. The lowest BCUT2D eigenvalue weighted by molar-refractivity contribution is -0.987. The Morgan fingerprint density at radius 3 is 1.26 bits per heavy atom. The monoisotopic (exact) mass is 728 g/mol. The van der Waals surface area contributed by atoms with Crippen molar-refractivity contribution < 1.29 is 43.3 Å². The number of benzene rings is 6. The van der Waals surface area contributed by atoms with Crippen LogP contribution in [0.1, 0.15) is 55.8 Å². The normalized spacial score (nSPS) is 10.9. The van der Waals surface area contributed by atoms with Crippen molar-refractivity contribution in [1.29, 1.82) is 0 Å². The Kier molecular flexibility index (Phi) is 11.8. The zero-order valence-corrected chi connectivity index (χ0v) is 29.1. The highest BCUT2D eigenvalue weighted by Gasteiger charge is 2.19. The summed E-state index contributed by atoms with van der Waals surface area (Å²) in [6.45, 7) is -0.751. The van der Waals surface area contributed by atoms with Gasteiger partial charge < -0.3 is 10.2 Å². The maximum atomic E-state index is 14.4. The Morgan fingerprint density at radius 1 is 0.500 bits per heavy atom. The molecular formula is C44H36F2NO7+. The van der Waals surface area contributed by atoms with Gasteiger partial charge in [0.25, 0.3) is 0 Å². The van der Waals surface area contributed by atoms with Gasteiger partial charge in [-0.05, 0) is 59.4 Å². The molecule has 0 amide bonds. The van der Waals surface area contributed by atoms with Crippen LogP contribution < -0.4 is 0 Å². The molecule has 0 saturated heterocycles. The summed E-state index contributed by atoms with van der Waals surface area (Å²) < 4.78 is 28.9. The molecule has 54 heavy (non-hydrogen) atoms. The zero-order valence-electron chi connectivity index (χ0n) is 29.1. The first-order chi connectivity index (χ1) is 26.2. The molecule has 272 valence electrons. The molecule has 0 unspecified atom stereocenters. The van der Waals surface area contributed by atoms with E-state index < -0.39 is 0 Å². The van der Waals surface area contributed by atoms with Gasteiger partial charge >= 0.3 is 5.09 Å². The fourth-order valence-electron chi connectivity index (χ4n) is 6.15. The highest BCUT2D eigenvalue weighted by atomic mass is 19.1. The van der Waals surface area contributed by atoms with E-state index in [-0.39, 0.29) is 88.1 Å². The van der Waals surface area contributed by atoms with Crippen LogP contribution in [0, 0.1) is 16.5 Å². The van der Waals surface area contributed by atoms with Gasteiger partial charge in [-0.2, -0.15) is 9.68 Å². The van der Waals surface area contributed by atoms with E-state index >= 15 is 0 Å². The Balaban J connectivity index is 0.976. The average Bonchev–Trinajstić information content (AvgIpc) is 3.18. The number of aromatic hydroxyl groups is 2. The number of phenols is 2. The van der Waals surface area contributed by atoms with E-state index in [9.17, 15) is 33.5 Å². The lowest BCUT2D eigenvalue weighted by Crippen LogP contribution is -2.11. The molecule has 0 saturated carbocycles. The highest BCUT2D eigenvalue weighted by molar-refractivity contribution is 5.97. The van der Waals surface area contributed by atoms with Gasteiger partial charge in [0.15, 0.2) is 24.8 Å². The summed E-state index contributed by atoms with van der Waals surface area (Å²) in [5, 5.41) is 20.9. The third-order valence-corrected chi connectivity index (χ3v) is 9.07. The molecule has 0 bridgehead atoms. The fourth-order valence-corrected chi connectivity index (χ4v) is 6.15. The van der Waals surface area contributed by atoms with E-state index in [0.29, 0.717) is 35.1 Å². The van der Waals surface area contributed by atoms with Gasteiger partial charge in [-0.3, -0.25) is 9.59 Å². The number of nitrogens with zero attached hydrogens (tertiary/aromatic N) is 1. The van der Waals surface area contributed by atoms with Crippen molar-refractivity contribution in [1.82, 2.24) is 0 Å². The first kappa shape index (κ1) is 37.1. The van der Waals surface area contributed by atoms with Crippen molar-refractivity contribution in [3.63, 3.8) is 0 Å². The zero-order chi connectivity index (χ0) is 38.0. The number of Topliss-reactive ketones (excluding diaryl/α,β-unsaturated/α-hetero) is 2. The SMILES string of the molecule is O=C(CCc1ccccc1-c1ccccc1F)c1ccc(CO[N+](=O)OCc2ccc(C(=O)CCc3ccccc3-c3ccccc3F)cc2O)c(O)c1. The molecule has 6 rings (SSSR count). The van der Waals surface area contributed by atoms with E-state index in [2.05, 4.69) is 0 Å². The largest absolute Gasteiger partial charge is 0.508 e. The number of carbonyl (C=O) groups is 2. The van der Waals surface area contributed by atoms with Crippen LogP contribution in [0.5, 0.6) is 11.5 Å². The molecule has 2 N–H and O–H groups in total. The van der Waals surface area contributed by atoms with E-state index in [1.54, 1.807) is 36.4 Å². The smallest absolute Gasteiger partial charge is 0.478 e. The molecule has 0 aliphatic carbocycles. The predicted molar refractivity (Wildman–Crippen MR) is 198 cm³/mol. The molecule has 0 spiro atoms. The van der Waals surface area contributed by atoms with Crippen LogP contribution >= 0.6 is 0 Å². The maximum absolute atomic E-state index is 14.4. The van der Waals surface area contributed by atoms with Gasteiger partial charge in [0.05, 0.1) is 0 Å². The summed E-state index contributed by atoms with van der Waals surface area (Å²) in [7, 11) is 0. The summed E-state index contributed by atoms with van der Waals surface area (Å²) in [6.07, 6.45) is 0.964. The molecular weight excluding hydrogens is 692 g/mol. The molecule has 6 aromatic carbocycles. The second-order valence-electron chi connectivity index (χ2n) is 12.6. The van der Waals surface area contributed by atoms with Crippen LogP contribution in [0.3, 0.4) is 0 Å². The van der Waals surface area contributed by atoms with Crippen LogP contribution in [0.4, 0.5) is 8.78 Å². The molecule has 0 fully saturated rings. The molecule has 0 aromatic heterocycles. The molecule has 0 heterocycles. The van der Waals surface area contributed by atoms with Crippen LogP contribution in [0.15, 0.2) is 133 Å². The number of hydrogen-bond acceptors (Lipinski definition) is 7. The number of halogens is 2. The van der Waals surface area contributed by atoms with Crippen LogP contribution in [-0.4, -0.2) is 26.9 Å². The van der Waals surface area contributed by atoms with E-state index in [1.807, 2.05) is 48.5 Å². The Labute approximate surface area is 310 Å². The van der Waals surface area contributed by atoms with Crippen molar-refractivity contribution in [2.75, 3.05) is 0 Å². The molecule has 0 aliphatic rings. The standard InChI is InChI=1S/C44H35F2NO7/c45-39-15-7-5-13-37(39)35-11-3-1-9-29(35)21-23-41(48)31-17-19-33(43(50)25-31)27-53-47(52)54-28-34-20-18-32(26-44(34)51)42(49)24-22-30-10-2-4-12-36(30)38-14-6-8-16-40(38)46/h1-20,25-26H,21-24,27-28H2,(H-,50,51)/p+1. The first-order valence-electron chi connectivity index (χ1n) is 17.3. The van der Waals surface area contributed by atoms with Gasteiger partial charge in [0.2, 0.25) is 0 Å². The quantitative estimate of drug-likeness (QED) is 0.0754. The molecule has 0 radical (unpaired) electrons. The Bertz CT molecular complexity index is 2160. The van der Waals surface area contributed by atoms with Gasteiger partial charge in [0.1, 0.15) is 28.0 Å². The molecule has 10 heteroatoms. The first-order valence-corrected chi connectivity index (χ1v) is 17.3. The van der Waals surface area contributed by atoms with Crippen molar-refractivity contribution in [2.45, 2.75) is 38.9 Å². The third kappa shape index (κ3) is 9.02. The lowest BCUT2D eigenvalue weighted by Gasteiger charge is -2.11. The minimum atomic E-state index is -0.376. The van der Waals surface area contributed by atoms with Gasteiger partial charge in [-0.15, -0.1) is 0 Å². The number of carbonyl (C=O) groups excluding carboxylic acids is 2. The van der Waals surface area contributed by atoms with Gasteiger partial charge in [-0.25, -0.2) is 8.78 Å². The predicted octanol–water partition coefficient (Wildman–Crippen LogP) is 9.68. The van der Waals surface area contributed by atoms with Gasteiger partial charge in [-0.1, -0.05) is 109 Å². The summed E-state index contributed by atoms with van der Waals surface area (Å²) in [4.78, 5) is 48.3. The van der Waals surface area contributed by atoms with E-state index in [4.69, 9.17) is 9.68 Å². The maximum Gasteiger partial charge on any atom is 0.478 e. The van der Waals surface area contributed by atoms with E-state index in [0.717, 1.165) is 11.1 Å². The number of hydrogen-bond donors (Lipinski definition) is 2. The summed E-state index contributed by atoms with van der Waals surface area (Å²) >= 11 is 0. The molecule has 6 aromatic rings. The lowest BCUT2D eigenvalue weighted by atomic mass is 9.94. The minimum absolute atomic E-state index is 0.122. The van der Waals surface area contributed by atoms with Crippen molar-refractivity contribution >= 4 is 11.6 Å².